The van der Waals surface area contributed by atoms with Gasteiger partial charge in [-0.25, -0.2) is 0 Å². The van der Waals surface area contributed by atoms with Gasteiger partial charge in [0, 0.05) is 5.69 Å². The number of carbonyl (C=O) groups excluding carboxylic acids is 1. The second-order valence-corrected chi connectivity index (χ2v) is 5.04. The third-order valence-corrected chi connectivity index (χ3v) is 3.57. The Hall–Kier alpha value is -2.03. The van der Waals surface area contributed by atoms with Crippen molar-refractivity contribution < 1.29 is 9.21 Å². The Morgan fingerprint density at radius 3 is 2.67 bits per heavy atom. The minimum Gasteiger partial charge on any atom is -0.459 e. The molecule has 0 spiro atoms. The second kappa shape index (κ2) is 4.02. The lowest BCUT2D eigenvalue weighted by molar-refractivity contribution is 0.0996. The number of amides is 1. The van der Waals surface area contributed by atoms with Crippen molar-refractivity contribution in [3.05, 3.63) is 54.0 Å². The van der Waals surface area contributed by atoms with Crippen LogP contribution < -0.4 is 5.32 Å². The molecular formula is C15H15NO2. The average molecular weight is 241 g/mol. The Morgan fingerprint density at radius 2 is 2.00 bits per heavy atom. The number of para-hydroxylation sites is 1. The Kier molecular flexibility index (Phi) is 2.47. The second-order valence-electron chi connectivity index (χ2n) is 5.04. The van der Waals surface area contributed by atoms with E-state index >= 15 is 0 Å². The van der Waals surface area contributed by atoms with Crippen LogP contribution in [0.25, 0.3) is 0 Å². The third-order valence-electron chi connectivity index (χ3n) is 3.57. The maximum atomic E-state index is 12.0. The van der Waals surface area contributed by atoms with Gasteiger partial charge in [0.25, 0.3) is 5.91 Å². The van der Waals surface area contributed by atoms with Crippen LogP contribution in [-0.2, 0) is 5.41 Å². The van der Waals surface area contributed by atoms with Gasteiger partial charge >= 0.3 is 0 Å². The van der Waals surface area contributed by atoms with Gasteiger partial charge in [0.1, 0.15) is 0 Å². The smallest absolute Gasteiger partial charge is 0.291 e. The van der Waals surface area contributed by atoms with E-state index in [0.717, 1.165) is 5.69 Å². The van der Waals surface area contributed by atoms with Crippen LogP contribution in [0.4, 0.5) is 5.69 Å². The molecular weight excluding hydrogens is 226 g/mol. The van der Waals surface area contributed by atoms with Crippen LogP contribution in [0.3, 0.4) is 0 Å². The topological polar surface area (TPSA) is 42.2 Å². The fourth-order valence-electron chi connectivity index (χ4n) is 2.17. The predicted octanol–water partition coefficient (Wildman–Crippen LogP) is 3.58. The summed E-state index contributed by atoms with van der Waals surface area (Å²) in [5, 5.41) is 2.93. The number of rotatable bonds is 3. The van der Waals surface area contributed by atoms with Gasteiger partial charge in [-0.15, -0.1) is 0 Å². The van der Waals surface area contributed by atoms with Gasteiger partial charge in [-0.1, -0.05) is 25.1 Å². The molecule has 1 amide bonds. The van der Waals surface area contributed by atoms with Crippen LogP contribution in [0.15, 0.2) is 47.1 Å². The van der Waals surface area contributed by atoms with Crippen molar-refractivity contribution in [1.82, 2.24) is 0 Å². The summed E-state index contributed by atoms with van der Waals surface area (Å²) in [6, 6.07) is 11.4. The highest BCUT2D eigenvalue weighted by Gasteiger charge is 2.40. The van der Waals surface area contributed by atoms with Crippen molar-refractivity contribution in [3.63, 3.8) is 0 Å². The number of carbonyl (C=O) groups is 1. The standard InChI is InChI=1S/C15H15NO2/c1-15(8-9-15)11-5-2-3-6-12(11)16-14(17)13-7-4-10-18-13/h2-7,10H,8-9H2,1H3,(H,16,17). The molecule has 3 nitrogen and oxygen atoms in total. The summed E-state index contributed by atoms with van der Waals surface area (Å²) in [7, 11) is 0. The lowest BCUT2D eigenvalue weighted by Crippen LogP contribution is -2.14. The SMILES string of the molecule is CC1(c2ccccc2NC(=O)c2ccco2)CC1. The number of furan rings is 1. The van der Waals surface area contributed by atoms with Crippen LogP contribution in [-0.4, -0.2) is 5.91 Å². The van der Waals surface area contributed by atoms with Crippen molar-refractivity contribution in [2.75, 3.05) is 5.32 Å². The van der Waals surface area contributed by atoms with Crippen molar-refractivity contribution in [1.29, 1.82) is 0 Å². The highest BCUT2D eigenvalue weighted by molar-refractivity contribution is 6.02. The molecule has 1 aromatic heterocycles. The van der Waals surface area contributed by atoms with Gasteiger partial charge in [-0.2, -0.15) is 0 Å². The van der Waals surface area contributed by atoms with Crippen LogP contribution in [0.5, 0.6) is 0 Å². The van der Waals surface area contributed by atoms with Crippen molar-refractivity contribution in [2.24, 2.45) is 0 Å². The maximum Gasteiger partial charge on any atom is 0.291 e. The van der Waals surface area contributed by atoms with Gasteiger partial charge in [0.05, 0.1) is 6.26 Å². The zero-order valence-electron chi connectivity index (χ0n) is 10.3. The molecule has 3 rings (SSSR count). The fourth-order valence-corrected chi connectivity index (χ4v) is 2.17. The van der Waals surface area contributed by atoms with Gasteiger partial charge in [0.15, 0.2) is 5.76 Å². The lowest BCUT2D eigenvalue weighted by atomic mass is 9.96. The molecule has 1 fully saturated rings. The molecule has 0 saturated heterocycles. The summed E-state index contributed by atoms with van der Waals surface area (Å²) >= 11 is 0. The summed E-state index contributed by atoms with van der Waals surface area (Å²) in [5.74, 6) is 0.141. The molecule has 92 valence electrons. The molecule has 1 saturated carbocycles. The first kappa shape index (κ1) is 11.1. The summed E-state index contributed by atoms with van der Waals surface area (Å²) in [6.45, 7) is 2.23. The first-order valence-corrected chi connectivity index (χ1v) is 6.13. The van der Waals surface area contributed by atoms with Gasteiger partial charge in [-0.3, -0.25) is 4.79 Å². The highest BCUT2D eigenvalue weighted by Crippen LogP contribution is 2.50. The molecule has 2 aromatic rings. The third kappa shape index (κ3) is 1.92. The highest BCUT2D eigenvalue weighted by atomic mass is 16.3. The van der Waals surface area contributed by atoms with E-state index in [4.69, 9.17) is 4.42 Å². The molecule has 1 N–H and O–H groups in total. The Balaban J connectivity index is 1.87. The van der Waals surface area contributed by atoms with Crippen molar-refractivity contribution >= 4 is 11.6 Å². The van der Waals surface area contributed by atoms with E-state index in [0.29, 0.717) is 5.76 Å². The van der Waals surface area contributed by atoms with E-state index < -0.39 is 0 Å². The Labute approximate surface area is 106 Å². The summed E-state index contributed by atoms with van der Waals surface area (Å²) < 4.78 is 5.10. The molecule has 1 aromatic carbocycles. The Bertz CT molecular complexity index is 568. The maximum absolute atomic E-state index is 12.0. The normalized spacial score (nSPS) is 16.3. The van der Waals surface area contributed by atoms with Gasteiger partial charge in [-0.05, 0) is 42.0 Å². The Morgan fingerprint density at radius 1 is 1.22 bits per heavy atom. The van der Waals surface area contributed by atoms with E-state index in [1.165, 1.54) is 24.7 Å². The first-order chi connectivity index (χ1) is 8.69. The zero-order chi connectivity index (χ0) is 12.6. The molecule has 0 unspecified atom stereocenters. The van der Waals surface area contributed by atoms with Crippen molar-refractivity contribution in [3.8, 4) is 0 Å². The minimum absolute atomic E-state index is 0.197. The number of hydrogen-bond donors (Lipinski definition) is 1. The average Bonchev–Trinajstić information content (AvgIpc) is 2.93. The molecule has 0 aliphatic heterocycles. The molecule has 1 heterocycles. The quantitative estimate of drug-likeness (QED) is 0.892. The fraction of sp³-hybridized carbons (Fsp3) is 0.267. The molecule has 1 aliphatic carbocycles. The molecule has 0 atom stereocenters. The monoisotopic (exact) mass is 241 g/mol. The van der Waals surface area contributed by atoms with Crippen LogP contribution in [0, 0.1) is 0 Å². The van der Waals surface area contributed by atoms with Crippen molar-refractivity contribution in [2.45, 2.75) is 25.2 Å². The number of anilines is 1. The summed E-state index contributed by atoms with van der Waals surface area (Å²) in [4.78, 5) is 12.0. The van der Waals surface area contributed by atoms with E-state index in [1.54, 1.807) is 12.1 Å². The first-order valence-electron chi connectivity index (χ1n) is 6.13. The van der Waals surface area contributed by atoms with Crippen LogP contribution in [0.1, 0.15) is 35.9 Å². The number of benzene rings is 1. The molecule has 1 aliphatic rings. The molecule has 0 bridgehead atoms. The predicted molar refractivity (Wildman–Crippen MR) is 69.7 cm³/mol. The van der Waals surface area contributed by atoms with Crippen LogP contribution in [0.2, 0.25) is 0 Å². The van der Waals surface area contributed by atoms with Gasteiger partial charge < -0.3 is 9.73 Å². The minimum atomic E-state index is -0.197. The van der Waals surface area contributed by atoms with Crippen LogP contribution >= 0.6 is 0 Å². The zero-order valence-corrected chi connectivity index (χ0v) is 10.3. The summed E-state index contributed by atoms with van der Waals surface area (Å²) in [6.07, 6.45) is 3.87. The largest absolute Gasteiger partial charge is 0.459 e. The molecule has 18 heavy (non-hydrogen) atoms. The molecule has 0 radical (unpaired) electrons. The number of hydrogen-bond acceptors (Lipinski definition) is 2. The lowest BCUT2D eigenvalue weighted by Gasteiger charge is -2.15. The van der Waals surface area contributed by atoms with E-state index in [1.807, 2.05) is 18.2 Å². The van der Waals surface area contributed by atoms with E-state index in [2.05, 4.69) is 18.3 Å². The summed E-state index contributed by atoms with van der Waals surface area (Å²) in [5.41, 5.74) is 2.33. The van der Waals surface area contributed by atoms with Gasteiger partial charge in [0.2, 0.25) is 0 Å². The van der Waals surface area contributed by atoms with E-state index in [9.17, 15) is 4.79 Å². The number of nitrogens with one attached hydrogen (secondary N) is 1. The van der Waals surface area contributed by atoms with E-state index in [-0.39, 0.29) is 11.3 Å². The molecule has 3 heteroatoms.